The Bertz CT molecular complexity index is 463. The molecule has 0 saturated carbocycles. The van der Waals surface area contributed by atoms with Crippen molar-refractivity contribution in [2.75, 3.05) is 26.2 Å². The number of aromatic nitrogens is 1. The van der Waals surface area contributed by atoms with E-state index in [9.17, 15) is 4.79 Å². The van der Waals surface area contributed by atoms with Gasteiger partial charge in [-0.05, 0) is 27.7 Å². The molecule has 1 unspecified atom stereocenters. The number of nitrogens with zero attached hydrogens (tertiary/aromatic N) is 2. The highest BCUT2D eigenvalue weighted by Gasteiger charge is 2.36. The summed E-state index contributed by atoms with van der Waals surface area (Å²) in [5.41, 5.74) is -0.530. The highest BCUT2D eigenvalue weighted by molar-refractivity contribution is 5.85. The van der Waals surface area contributed by atoms with E-state index in [0.29, 0.717) is 5.89 Å². The Morgan fingerprint density at radius 3 is 2.70 bits per heavy atom. The summed E-state index contributed by atoms with van der Waals surface area (Å²) in [4.78, 5) is 18.9. The second-order valence-electron chi connectivity index (χ2n) is 5.80. The molecule has 1 aromatic rings. The van der Waals surface area contributed by atoms with Gasteiger partial charge in [-0.25, -0.2) is 4.98 Å². The van der Waals surface area contributed by atoms with Crippen molar-refractivity contribution in [1.82, 2.24) is 20.5 Å². The second kappa shape index (κ2) is 5.93. The lowest BCUT2D eigenvalue weighted by molar-refractivity contribution is -0.133. The number of amides is 1. The normalized spacial score (nSPS) is 18.8. The molecular formula is C14H24N4O2. The number of hydrogen-bond donors (Lipinski definition) is 2. The lowest BCUT2D eigenvalue weighted by atomic mass is 10.00. The summed E-state index contributed by atoms with van der Waals surface area (Å²) in [5.74, 6) is 1.30. The third-order valence-electron chi connectivity index (χ3n) is 3.82. The minimum atomic E-state index is -0.530. The maximum atomic E-state index is 12.5. The topological polar surface area (TPSA) is 70.4 Å². The van der Waals surface area contributed by atoms with Crippen molar-refractivity contribution in [3.05, 3.63) is 17.8 Å². The summed E-state index contributed by atoms with van der Waals surface area (Å²) < 4.78 is 5.45. The lowest BCUT2D eigenvalue weighted by Gasteiger charge is -2.40. The van der Waals surface area contributed by atoms with E-state index in [1.807, 2.05) is 27.7 Å². The Kier molecular flexibility index (Phi) is 4.45. The molecule has 6 heteroatoms. The number of piperazine rings is 1. The maximum absolute atomic E-state index is 12.5. The van der Waals surface area contributed by atoms with Gasteiger partial charge in [0.2, 0.25) is 11.8 Å². The molecule has 6 nitrogen and oxygen atoms in total. The molecule has 1 fully saturated rings. The zero-order valence-corrected chi connectivity index (χ0v) is 12.7. The van der Waals surface area contributed by atoms with E-state index in [1.165, 1.54) is 0 Å². The summed E-state index contributed by atoms with van der Waals surface area (Å²) in [6.07, 6.45) is 1.67. The largest absolute Gasteiger partial charge is 0.444 e. The zero-order valence-electron chi connectivity index (χ0n) is 12.7. The number of hydrogen-bond acceptors (Lipinski definition) is 5. The fraction of sp³-hybridized carbons (Fsp3) is 0.714. The first-order chi connectivity index (χ1) is 9.41. The number of nitrogens with one attached hydrogen (secondary N) is 2. The van der Waals surface area contributed by atoms with E-state index < -0.39 is 5.54 Å². The van der Waals surface area contributed by atoms with Gasteiger partial charge in [0.15, 0.2) is 0 Å². The van der Waals surface area contributed by atoms with Gasteiger partial charge in [0.1, 0.15) is 11.8 Å². The summed E-state index contributed by atoms with van der Waals surface area (Å²) in [7, 11) is 0. The molecule has 2 heterocycles. The number of carbonyl (C=O) groups excluding carboxylic acids is 1. The van der Waals surface area contributed by atoms with Gasteiger partial charge >= 0.3 is 0 Å². The van der Waals surface area contributed by atoms with Crippen molar-refractivity contribution in [2.45, 2.75) is 39.3 Å². The van der Waals surface area contributed by atoms with Crippen LogP contribution in [0.1, 0.15) is 38.5 Å². The summed E-state index contributed by atoms with van der Waals surface area (Å²) in [6, 6.07) is -0.224. The summed E-state index contributed by atoms with van der Waals surface area (Å²) in [6.45, 7) is 11.3. The van der Waals surface area contributed by atoms with Gasteiger partial charge in [0.05, 0.1) is 11.7 Å². The van der Waals surface area contributed by atoms with Gasteiger partial charge in [-0.2, -0.15) is 0 Å². The number of rotatable bonds is 4. The first-order valence-corrected chi connectivity index (χ1v) is 7.10. The molecule has 20 heavy (non-hydrogen) atoms. The second-order valence-corrected chi connectivity index (χ2v) is 5.80. The maximum Gasteiger partial charge on any atom is 0.240 e. The highest BCUT2D eigenvalue weighted by atomic mass is 16.4. The van der Waals surface area contributed by atoms with Gasteiger partial charge in [0.25, 0.3) is 0 Å². The van der Waals surface area contributed by atoms with Crippen LogP contribution in [0.5, 0.6) is 0 Å². The van der Waals surface area contributed by atoms with E-state index in [-0.39, 0.29) is 11.9 Å². The molecule has 112 valence electrons. The van der Waals surface area contributed by atoms with Crippen LogP contribution in [0.15, 0.2) is 10.6 Å². The van der Waals surface area contributed by atoms with Crippen LogP contribution in [0.2, 0.25) is 0 Å². The van der Waals surface area contributed by atoms with Crippen molar-refractivity contribution < 1.29 is 9.21 Å². The molecule has 1 atom stereocenters. The molecule has 0 bridgehead atoms. The molecule has 1 amide bonds. The van der Waals surface area contributed by atoms with Crippen molar-refractivity contribution >= 4 is 5.91 Å². The highest BCUT2D eigenvalue weighted by Crippen LogP contribution is 2.18. The predicted molar refractivity (Wildman–Crippen MR) is 76.3 cm³/mol. The van der Waals surface area contributed by atoms with Gasteiger partial charge in [-0.1, -0.05) is 0 Å². The van der Waals surface area contributed by atoms with E-state index >= 15 is 0 Å². The molecule has 0 spiro atoms. The van der Waals surface area contributed by atoms with Crippen LogP contribution < -0.4 is 10.6 Å². The fourth-order valence-corrected chi connectivity index (χ4v) is 2.37. The number of oxazole rings is 1. The minimum absolute atomic E-state index is 0.00255. The first kappa shape index (κ1) is 15.0. The Hall–Kier alpha value is -1.40. The number of aryl methyl sites for hydroxylation is 1. The zero-order chi connectivity index (χ0) is 14.8. The van der Waals surface area contributed by atoms with Crippen molar-refractivity contribution in [3.63, 3.8) is 0 Å². The molecule has 0 aliphatic carbocycles. The molecule has 1 saturated heterocycles. The molecule has 1 aromatic heterocycles. The van der Waals surface area contributed by atoms with E-state index in [1.54, 1.807) is 6.20 Å². The Morgan fingerprint density at radius 1 is 1.50 bits per heavy atom. The van der Waals surface area contributed by atoms with Crippen LogP contribution in [-0.4, -0.2) is 47.5 Å². The Morgan fingerprint density at radius 2 is 2.15 bits per heavy atom. The first-order valence-electron chi connectivity index (χ1n) is 7.10. The van der Waals surface area contributed by atoms with E-state index in [4.69, 9.17) is 4.42 Å². The molecule has 0 radical (unpaired) electrons. The average Bonchev–Trinajstić information content (AvgIpc) is 2.86. The van der Waals surface area contributed by atoms with E-state index in [2.05, 4.69) is 20.5 Å². The van der Waals surface area contributed by atoms with Crippen LogP contribution in [0, 0.1) is 6.92 Å². The van der Waals surface area contributed by atoms with Crippen LogP contribution >= 0.6 is 0 Å². The molecule has 2 N–H and O–H groups in total. The van der Waals surface area contributed by atoms with Crippen molar-refractivity contribution in [3.8, 4) is 0 Å². The van der Waals surface area contributed by atoms with Gasteiger partial charge in [-0.15, -0.1) is 0 Å². The van der Waals surface area contributed by atoms with Crippen LogP contribution in [0.25, 0.3) is 0 Å². The average molecular weight is 280 g/mol. The monoisotopic (exact) mass is 280 g/mol. The van der Waals surface area contributed by atoms with Crippen molar-refractivity contribution in [2.24, 2.45) is 0 Å². The van der Waals surface area contributed by atoms with Crippen molar-refractivity contribution in [1.29, 1.82) is 0 Å². The lowest BCUT2D eigenvalue weighted by Crippen LogP contribution is -2.60. The third kappa shape index (κ3) is 3.19. The Balaban J connectivity index is 1.99. The van der Waals surface area contributed by atoms with Gasteiger partial charge < -0.3 is 15.1 Å². The molecule has 1 aliphatic rings. The Labute approximate surface area is 119 Å². The third-order valence-corrected chi connectivity index (χ3v) is 3.82. The van der Waals surface area contributed by atoms with Crippen LogP contribution in [-0.2, 0) is 4.79 Å². The van der Waals surface area contributed by atoms with Crippen LogP contribution in [0.3, 0.4) is 0 Å². The van der Waals surface area contributed by atoms with Gasteiger partial charge in [-0.3, -0.25) is 9.69 Å². The summed E-state index contributed by atoms with van der Waals surface area (Å²) >= 11 is 0. The SMILES string of the molecule is Cc1cnc(C(C)NC(=O)C(C)(C)N2CCNCC2)o1. The summed E-state index contributed by atoms with van der Waals surface area (Å²) in [5, 5.41) is 6.29. The number of carbonyl (C=O) groups is 1. The molecular weight excluding hydrogens is 256 g/mol. The fourth-order valence-electron chi connectivity index (χ4n) is 2.37. The smallest absolute Gasteiger partial charge is 0.240 e. The molecule has 0 aromatic carbocycles. The minimum Gasteiger partial charge on any atom is -0.444 e. The molecule has 1 aliphatic heterocycles. The van der Waals surface area contributed by atoms with Crippen LogP contribution in [0.4, 0.5) is 0 Å². The quantitative estimate of drug-likeness (QED) is 0.855. The predicted octanol–water partition coefficient (Wildman–Crippen LogP) is 0.844. The van der Waals surface area contributed by atoms with Gasteiger partial charge in [0, 0.05) is 26.2 Å². The standard InChI is InChI=1S/C14H24N4O2/c1-10-9-16-12(20-10)11(2)17-13(19)14(3,4)18-7-5-15-6-8-18/h9,11,15H,5-8H2,1-4H3,(H,17,19). The molecule has 2 rings (SSSR count). The van der Waals surface area contributed by atoms with E-state index in [0.717, 1.165) is 31.9 Å².